The van der Waals surface area contributed by atoms with Crippen LogP contribution in [0.4, 0.5) is 5.69 Å². The van der Waals surface area contributed by atoms with Gasteiger partial charge in [-0.1, -0.05) is 27.5 Å². The van der Waals surface area contributed by atoms with E-state index in [-0.39, 0.29) is 0 Å². The monoisotopic (exact) mass is 389 g/mol. The van der Waals surface area contributed by atoms with Crippen LogP contribution >= 0.6 is 27.5 Å². The summed E-state index contributed by atoms with van der Waals surface area (Å²) in [6, 6.07) is 13.2. The number of hydrazone groups is 1. The summed E-state index contributed by atoms with van der Waals surface area (Å²) in [7, 11) is 1.63. The fourth-order valence-corrected chi connectivity index (χ4v) is 2.74. The van der Waals surface area contributed by atoms with E-state index in [1.54, 1.807) is 19.5 Å². The summed E-state index contributed by atoms with van der Waals surface area (Å²) in [4.78, 5) is 4.31. The third kappa shape index (κ3) is 3.63. The van der Waals surface area contributed by atoms with Gasteiger partial charge in [-0.3, -0.25) is 10.4 Å². The van der Waals surface area contributed by atoms with E-state index < -0.39 is 0 Å². The Bertz CT molecular complexity index is 883. The zero-order valence-electron chi connectivity index (χ0n) is 12.3. The molecular weight excluding hydrogens is 378 g/mol. The van der Waals surface area contributed by atoms with Crippen LogP contribution in [0.2, 0.25) is 5.02 Å². The molecule has 0 aliphatic carbocycles. The van der Waals surface area contributed by atoms with Crippen LogP contribution in [0, 0.1) is 0 Å². The molecule has 116 valence electrons. The van der Waals surface area contributed by atoms with Gasteiger partial charge in [0.2, 0.25) is 0 Å². The lowest BCUT2D eigenvalue weighted by atomic mass is 10.2. The smallest absolute Gasteiger partial charge is 0.127 e. The second-order valence-electron chi connectivity index (χ2n) is 4.78. The van der Waals surface area contributed by atoms with Crippen molar-refractivity contribution in [3.05, 3.63) is 63.7 Å². The molecule has 0 unspecified atom stereocenters. The van der Waals surface area contributed by atoms with E-state index >= 15 is 0 Å². The van der Waals surface area contributed by atoms with Crippen molar-refractivity contribution in [1.82, 2.24) is 4.98 Å². The van der Waals surface area contributed by atoms with Gasteiger partial charge < -0.3 is 4.74 Å². The molecule has 0 aliphatic rings. The molecule has 4 nitrogen and oxygen atoms in total. The Hall–Kier alpha value is -2.11. The van der Waals surface area contributed by atoms with E-state index in [4.69, 9.17) is 16.3 Å². The van der Waals surface area contributed by atoms with Crippen LogP contribution in [-0.4, -0.2) is 18.3 Å². The minimum Gasteiger partial charge on any atom is -0.496 e. The van der Waals surface area contributed by atoms with Gasteiger partial charge in [-0.15, -0.1) is 0 Å². The van der Waals surface area contributed by atoms with Crippen LogP contribution in [0.25, 0.3) is 10.9 Å². The Morgan fingerprint density at radius 2 is 2.09 bits per heavy atom. The second kappa shape index (κ2) is 6.98. The first kappa shape index (κ1) is 15.8. The number of nitrogens with zero attached hydrogens (tertiary/aromatic N) is 2. The average molecular weight is 391 g/mol. The van der Waals surface area contributed by atoms with E-state index in [2.05, 4.69) is 31.4 Å². The van der Waals surface area contributed by atoms with Crippen molar-refractivity contribution >= 4 is 50.3 Å². The lowest BCUT2D eigenvalue weighted by molar-refractivity contribution is 0.414. The minimum atomic E-state index is 0.657. The van der Waals surface area contributed by atoms with Crippen LogP contribution < -0.4 is 10.2 Å². The molecule has 0 aliphatic heterocycles. The summed E-state index contributed by atoms with van der Waals surface area (Å²) in [5.74, 6) is 0.755. The molecule has 0 amide bonds. The van der Waals surface area contributed by atoms with Gasteiger partial charge in [-0.05, 0) is 42.5 Å². The van der Waals surface area contributed by atoms with Crippen LogP contribution in [0.3, 0.4) is 0 Å². The fourth-order valence-electron chi connectivity index (χ4n) is 2.20. The summed E-state index contributed by atoms with van der Waals surface area (Å²) in [6.07, 6.45) is 3.43. The maximum Gasteiger partial charge on any atom is 0.127 e. The number of ether oxygens (including phenoxy) is 1. The van der Waals surface area contributed by atoms with Crippen molar-refractivity contribution in [3.63, 3.8) is 0 Å². The largest absolute Gasteiger partial charge is 0.496 e. The Balaban J connectivity index is 1.88. The molecule has 0 radical (unpaired) electrons. The number of hydrogen-bond donors (Lipinski definition) is 1. The molecule has 6 heteroatoms. The Labute approximate surface area is 147 Å². The molecule has 2 aromatic carbocycles. The van der Waals surface area contributed by atoms with Gasteiger partial charge in [0.25, 0.3) is 0 Å². The van der Waals surface area contributed by atoms with Crippen molar-refractivity contribution < 1.29 is 4.74 Å². The number of anilines is 1. The Kier molecular flexibility index (Phi) is 4.79. The normalized spacial score (nSPS) is 11.1. The van der Waals surface area contributed by atoms with Crippen molar-refractivity contribution in [3.8, 4) is 5.75 Å². The molecule has 1 heterocycles. The summed E-state index contributed by atoms with van der Waals surface area (Å²) < 4.78 is 6.28. The van der Waals surface area contributed by atoms with Gasteiger partial charge in [0, 0.05) is 26.6 Å². The van der Waals surface area contributed by atoms with Gasteiger partial charge in [0.05, 0.1) is 24.5 Å². The zero-order valence-corrected chi connectivity index (χ0v) is 14.6. The van der Waals surface area contributed by atoms with Crippen molar-refractivity contribution in [1.29, 1.82) is 0 Å². The number of rotatable bonds is 4. The van der Waals surface area contributed by atoms with Gasteiger partial charge in [0.1, 0.15) is 5.75 Å². The van der Waals surface area contributed by atoms with Crippen LogP contribution in [0.5, 0.6) is 5.75 Å². The first-order chi connectivity index (χ1) is 11.2. The van der Waals surface area contributed by atoms with Gasteiger partial charge >= 0.3 is 0 Å². The van der Waals surface area contributed by atoms with Crippen LogP contribution in [-0.2, 0) is 0 Å². The molecule has 0 spiro atoms. The number of aromatic nitrogens is 1. The van der Waals surface area contributed by atoms with Crippen molar-refractivity contribution in [2.24, 2.45) is 5.10 Å². The maximum absolute atomic E-state index is 6.00. The Morgan fingerprint density at radius 3 is 2.91 bits per heavy atom. The zero-order chi connectivity index (χ0) is 16.2. The molecule has 0 atom stereocenters. The molecule has 0 saturated heterocycles. The summed E-state index contributed by atoms with van der Waals surface area (Å²) in [5, 5.41) is 5.91. The first-order valence-corrected chi connectivity index (χ1v) is 8.01. The molecule has 3 rings (SSSR count). The molecule has 1 N–H and O–H groups in total. The van der Waals surface area contributed by atoms with Crippen LogP contribution in [0.1, 0.15) is 5.56 Å². The third-order valence-corrected chi connectivity index (χ3v) is 4.01. The highest BCUT2D eigenvalue weighted by Crippen LogP contribution is 2.25. The number of fused-ring (bicyclic) bond motifs is 1. The fraction of sp³-hybridized carbons (Fsp3) is 0.0588. The number of benzene rings is 2. The molecule has 0 bridgehead atoms. The van der Waals surface area contributed by atoms with E-state index in [0.717, 1.165) is 32.4 Å². The second-order valence-corrected chi connectivity index (χ2v) is 6.13. The Morgan fingerprint density at radius 1 is 1.22 bits per heavy atom. The third-order valence-electron chi connectivity index (χ3n) is 3.29. The number of hydrogen-bond acceptors (Lipinski definition) is 4. The number of nitrogens with one attached hydrogen (secondary N) is 1. The molecular formula is C17H13BrClN3O. The van der Waals surface area contributed by atoms with Gasteiger partial charge in [-0.25, -0.2) is 0 Å². The number of pyridine rings is 1. The quantitative estimate of drug-likeness (QED) is 0.497. The number of halogens is 2. The van der Waals surface area contributed by atoms with E-state index in [0.29, 0.717) is 5.02 Å². The lowest BCUT2D eigenvalue weighted by Crippen LogP contribution is -1.95. The van der Waals surface area contributed by atoms with Crippen molar-refractivity contribution in [2.45, 2.75) is 0 Å². The SMILES string of the molecule is COc1ccc(Br)cc1/C=N/Nc1ccnc2cc(Cl)ccc12. The van der Waals surface area contributed by atoms with Gasteiger partial charge in [-0.2, -0.15) is 5.10 Å². The number of methoxy groups -OCH3 is 1. The van der Waals surface area contributed by atoms with Gasteiger partial charge in [0.15, 0.2) is 0 Å². The van der Waals surface area contributed by atoms with E-state index in [1.807, 2.05) is 42.5 Å². The average Bonchev–Trinajstić information content (AvgIpc) is 2.55. The summed E-state index contributed by atoms with van der Waals surface area (Å²) in [6.45, 7) is 0. The van der Waals surface area contributed by atoms with E-state index in [9.17, 15) is 0 Å². The maximum atomic E-state index is 6.00. The van der Waals surface area contributed by atoms with Crippen molar-refractivity contribution in [2.75, 3.05) is 12.5 Å². The predicted molar refractivity (Wildman–Crippen MR) is 98.7 cm³/mol. The molecule has 23 heavy (non-hydrogen) atoms. The predicted octanol–water partition coefficient (Wildman–Crippen LogP) is 5.11. The highest BCUT2D eigenvalue weighted by Gasteiger charge is 2.03. The topological polar surface area (TPSA) is 46.5 Å². The van der Waals surface area contributed by atoms with E-state index in [1.165, 1.54) is 0 Å². The van der Waals surface area contributed by atoms with Crippen LogP contribution in [0.15, 0.2) is 58.2 Å². The lowest BCUT2D eigenvalue weighted by Gasteiger charge is -2.07. The summed E-state index contributed by atoms with van der Waals surface area (Å²) >= 11 is 9.44. The minimum absolute atomic E-state index is 0.657. The highest BCUT2D eigenvalue weighted by atomic mass is 79.9. The molecule has 0 fully saturated rings. The highest BCUT2D eigenvalue weighted by molar-refractivity contribution is 9.10. The molecule has 1 aromatic heterocycles. The first-order valence-electron chi connectivity index (χ1n) is 6.84. The standard InChI is InChI=1S/C17H13BrClN3O/c1-23-17-5-2-12(18)8-11(17)10-21-22-15-6-7-20-16-9-13(19)3-4-14(15)16/h2-10H,1H3,(H,20,22)/b21-10+. The molecule has 0 saturated carbocycles. The molecule has 3 aromatic rings. The summed E-state index contributed by atoms with van der Waals surface area (Å²) in [5.41, 5.74) is 5.59.